The average Bonchev–Trinajstić information content (AvgIpc) is 3.21. The molecule has 1 aromatic rings. The zero-order valence-electron chi connectivity index (χ0n) is 12.0. The first-order valence-corrected chi connectivity index (χ1v) is 6.88. The lowest BCUT2D eigenvalue weighted by Crippen LogP contribution is -2.32. The average molecular weight is 257 g/mol. The third kappa shape index (κ3) is 3.60. The first-order valence-electron chi connectivity index (χ1n) is 6.88. The van der Waals surface area contributed by atoms with Gasteiger partial charge in [-0.05, 0) is 44.7 Å². The Morgan fingerprint density at radius 2 is 2.11 bits per heavy atom. The molecule has 2 rings (SSSR count). The Hall–Kier alpha value is -1.77. The van der Waals surface area contributed by atoms with E-state index < -0.39 is 0 Å². The summed E-state index contributed by atoms with van der Waals surface area (Å²) in [6, 6.07) is 8.08. The fourth-order valence-electron chi connectivity index (χ4n) is 2.30. The minimum Gasteiger partial charge on any atom is -0.398 e. The summed E-state index contributed by atoms with van der Waals surface area (Å²) in [5.41, 5.74) is 9.20. The first-order chi connectivity index (χ1) is 9.11. The Kier molecular flexibility index (Phi) is 4.25. The van der Waals surface area contributed by atoms with E-state index in [1.807, 2.05) is 24.3 Å². The van der Waals surface area contributed by atoms with Crippen LogP contribution in [0.1, 0.15) is 32.3 Å². The van der Waals surface area contributed by atoms with Crippen LogP contribution in [0.4, 0.5) is 5.69 Å². The largest absolute Gasteiger partial charge is 0.398 e. The van der Waals surface area contributed by atoms with Crippen LogP contribution in [0.3, 0.4) is 0 Å². The molecule has 0 saturated heterocycles. The molecular formula is C16H23N3. The van der Waals surface area contributed by atoms with Crippen molar-refractivity contribution < 1.29 is 0 Å². The predicted octanol–water partition coefficient (Wildman–Crippen LogP) is 2.98. The van der Waals surface area contributed by atoms with Crippen molar-refractivity contribution in [2.24, 2.45) is 10.9 Å². The maximum Gasteiger partial charge on any atom is 0.130 e. The molecule has 3 N–H and O–H groups in total. The Labute approximate surface area is 115 Å². The van der Waals surface area contributed by atoms with Gasteiger partial charge in [0.05, 0.1) is 0 Å². The molecule has 0 amide bonds. The number of allylic oxidation sites excluding steroid dienone is 1. The summed E-state index contributed by atoms with van der Waals surface area (Å²) in [4.78, 5) is 4.32. The van der Waals surface area contributed by atoms with E-state index in [1.54, 1.807) is 7.05 Å². The van der Waals surface area contributed by atoms with Gasteiger partial charge in [-0.1, -0.05) is 23.8 Å². The maximum absolute atomic E-state index is 6.00. The van der Waals surface area contributed by atoms with Crippen LogP contribution in [0.15, 0.2) is 40.9 Å². The van der Waals surface area contributed by atoms with E-state index in [9.17, 15) is 0 Å². The van der Waals surface area contributed by atoms with Gasteiger partial charge in [-0.25, -0.2) is 0 Å². The Balaban J connectivity index is 2.07. The molecule has 1 aliphatic rings. The highest BCUT2D eigenvalue weighted by molar-refractivity contribution is 6.03. The van der Waals surface area contributed by atoms with E-state index >= 15 is 0 Å². The first kappa shape index (κ1) is 13.7. The van der Waals surface area contributed by atoms with E-state index in [1.165, 1.54) is 18.4 Å². The number of nitrogens with one attached hydrogen (secondary N) is 1. The summed E-state index contributed by atoms with van der Waals surface area (Å²) in [6.07, 6.45) is 4.98. The van der Waals surface area contributed by atoms with Gasteiger partial charge < -0.3 is 11.1 Å². The Bertz CT molecular complexity index is 498. The molecule has 0 aliphatic heterocycles. The third-order valence-electron chi connectivity index (χ3n) is 3.54. The number of rotatable bonds is 4. The van der Waals surface area contributed by atoms with Crippen molar-refractivity contribution in [3.8, 4) is 0 Å². The quantitative estimate of drug-likeness (QED) is 0.377. The molecule has 19 heavy (non-hydrogen) atoms. The molecule has 1 aliphatic carbocycles. The van der Waals surface area contributed by atoms with Gasteiger partial charge in [0.15, 0.2) is 0 Å². The second-order valence-corrected chi connectivity index (χ2v) is 5.28. The van der Waals surface area contributed by atoms with Crippen LogP contribution >= 0.6 is 0 Å². The van der Waals surface area contributed by atoms with Crippen LogP contribution in [0.2, 0.25) is 0 Å². The summed E-state index contributed by atoms with van der Waals surface area (Å²) < 4.78 is 0. The lowest BCUT2D eigenvalue weighted by atomic mass is 10.1. The monoisotopic (exact) mass is 257 g/mol. The van der Waals surface area contributed by atoms with Gasteiger partial charge in [-0.15, -0.1) is 0 Å². The standard InChI is InChI=1S/C16H23N3/c1-11(13-8-9-13)10-12(2)19-16(18-3)14-6-4-5-7-15(14)17/h4-7,10,12-13H,8-9,17H2,1-3H3,(H,18,19)/b11-10+. The van der Waals surface area contributed by atoms with Gasteiger partial charge in [0, 0.05) is 24.3 Å². The van der Waals surface area contributed by atoms with Gasteiger partial charge in [-0.2, -0.15) is 0 Å². The predicted molar refractivity (Wildman–Crippen MR) is 82.4 cm³/mol. The molecule has 1 saturated carbocycles. The van der Waals surface area contributed by atoms with Crippen LogP contribution < -0.4 is 11.1 Å². The zero-order valence-corrected chi connectivity index (χ0v) is 12.0. The van der Waals surface area contributed by atoms with Crippen LogP contribution in [0, 0.1) is 5.92 Å². The van der Waals surface area contributed by atoms with E-state index in [2.05, 4.69) is 30.2 Å². The highest BCUT2D eigenvalue weighted by Crippen LogP contribution is 2.36. The Morgan fingerprint density at radius 1 is 1.42 bits per heavy atom. The lowest BCUT2D eigenvalue weighted by molar-refractivity contribution is 0.786. The van der Waals surface area contributed by atoms with Crippen molar-refractivity contribution in [1.29, 1.82) is 0 Å². The van der Waals surface area contributed by atoms with E-state index in [4.69, 9.17) is 5.73 Å². The second kappa shape index (κ2) is 5.91. The molecule has 1 atom stereocenters. The summed E-state index contributed by atoms with van der Waals surface area (Å²) in [6.45, 7) is 4.37. The van der Waals surface area contributed by atoms with Crippen LogP contribution in [-0.4, -0.2) is 18.9 Å². The highest BCUT2D eigenvalue weighted by atomic mass is 15.0. The SMILES string of the molecule is CN=C(NC(C)/C=C(\C)C1CC1)c1ccccc1N. The van der Waals surface area contributed by atoms with Crippen molar-refractivity contribution in [3.05, 3.63) is 41.5 Å². The molecule has 3 heteroatoms. The maximum atomic E-state index is 6.00. The van der Waals surface area contributed by atoms with Gasteiger partial charge in [0.1, 0.15) is 5.84 Å². The van der Waals surface area contributed by atoms with Crippen LogP contribution in [-0.2, 0) is 0 Å². The minimum atomic E-state index is 0.263. The van der Waals surface area contributed by atoms with Crippen LogP contribution in [0.5, 0.6) is 0 Å². The molecule has 102 valence electrons. The second-order valence-electron chi connectivity index (χ2n) is 5.28. The summed E-state index contributed by atoms with van der Waals surface area (Å²) >= 11 is 0. The minimum absolute atomic E-state index is 0.263. The number of nitrogens with zero attached hydrogens (tertiary/aromatic N) is 1. The van der Waals surface area contributed by atoms with E-state index in [0.29, 0.717) is 0 Å². The zero-order chi connectivity index (χ0) is 13.8. The van der Waals surface area contributed by atoms with Crippen molar-refractivity contribution in [3.63, 3.8) is 0 Å². The molecule has 1 fully saturated rings. The van der Waals surface area contributed by atoms with Crippen LogP contribution in [0.25, 0.3) is 0 Å². The molecule has 3 nitrogen and oxygen atoms in total. The van der Waals surface area contributed by atoms with Crippen molar-refractivity contribution in [2.45, 2.75) is 32.7 Å². The number of para-hydroxylation sites is 1. The molecule has 0 heterocycles. The van der Waals surface area contributed by atoms with E-state index in [0.717, 1.165) is 23.0 Å². The smallest absolute Gasteiger partial charge is 0.130 e. The third-order valence-corrected chi connectivity index (χ3v) is 3.54. The number of nitrogen functional groups attached to an aromatic ring is 1. The molecule has 0 aromatic heterocycles. The number of amidine groups is 1. The van der Waals surface area contributed by atoms with Crippen molar-refractivity contribution in [2.75, 3.05) is 12.8 Å². The highest BCUT2D eigenvalue weighted by Gasteiger charge is 2.23. The summed E-state index contributed by atoms with van der Waals surface area (Å²) in [5, 5.41) is 3.43. The number of hydrogen-bond donors (Lipinski definition) is 2. The summed E-state index contributed by atoms with van der Waals surface area (Å²) in [7, 11) is 1.79. The van der Waals surface area contributed by atoms with Gasteiger partial charge in [0.2, 0.25) is 0 Å². The molecule has 1 unspecified atom stereocenters. The molecule has 0 spiro atoms. The molecule has 0 bridgehead atoms. The fraction of sp³-hybridized carbons (Fsp3) is 0.438. The number of aliphatic imine (C=N–C) groups is 1. The number of nitrogens with two attached hydrogens (primary N) is 1. The number of benzene rings is 1. The summed E-state index contributed by atoms with van der Waals surface area (Å²) in [5.74, 6) is 1.67. The number of anilines is 1. The topological polar surface area (TPSA) is 50.4 Å². The normalized spacial score (nSPS) is 18.3. The van der Waals surface area contributed by atoms with Gasteiger partial charge in [-0.3, -0.25) is 4.99 Å². The van der Waals surface area contributed by atoms with Crippen molar-refractivity contribution in [1.82, 2.24) is 5.32 Å². The lowest BCUT2D eigenvalue weighted by Gasteiger charge is -2.16. The molecular weight excluding hydrogens is 234 g/mol. The fourth-order valence-corrected chi connectivity index (χ4v) is 2.30. The van der Waals surface area contributed by atoms with Gasteiger partial charge >= 0.3 is 0 Å². The van der Waals surface area contributed by atoms with Gasteiger partial charge in [0.25, 0.3) is 0 Å². The molecule has 1 aromatic carbocycles. The van der Waals surface area contributed by atoms with Crippen molar-refractivity contribution >= 4 is 11.5 Å². The van der Waals surface area contributed by atoms with E-state index in [-0.39, 0.29) is 6.04 Å². The molecule has 0 radical (unpaired) electrons. The Morgan fingerprint density at radius 3 is 2.68 bits per heavy atom. The number of hydrogen-bond acceptors (Lipinski definition) is 2.